The van der Waals surface area contributed by atoms with E-state index in [-0.39, 0.29) is 11.5 Å². The molecule has 3 heterocycles. The van der Waals surface area contributed by atoms with E-state index in [2.05, 4.69) is 20.4 Å². The SMILES string of the molecule is N=Cc1ccc(Cn2cc(NC(=O)c3c[nH]c(=O)c(-c4cc5ccccc5[nH]4)c3)cn2)cc1. The van der Waals surface area contributed by atoms with E-state index in [1.54, 1.807) is 23.1 Å². The van der Waals surface area contributed by atoms with Crippen LogP contribution in [0.25, 0.3) is 22.2 Å². The van der Waals surface area contributed by atoms with Crippen molar-refractivity contribution in [2.45, 2.75) is 6.54 Å². The monoisotopic (exact) mass is 436 g/mol. The van der Waals surface area contributed by atoms with Gasteiger partial charge in [-0.15, -0.1) is 0 Å². The first-order valence-electron chi connectivity index (χ1n) is 10.3. The van der Waals surface area contributed by atoms with Gasteiger partial charge in [0.05, 0.1) is 35.2 Å². The number of amides is 1. The third-order valence-corrected chi connectivity index (χ3v) is 5.37. The average molecular weight is 436 g/mol. The predicted molar refractivity (Wildman–Crippen MR) is 128 cm³/mol. The number of hydrogen-bond acceptors (Lipinski definition) is 4. The fourth-order valence-corrected chi connectivity index (χ4v) is 3.66. The standard InChI is InChI=1S/C25H20N6O2/c26-11-16-5-7-17(8-6-16)14-31-15-20(13-28-31)29-24(32)19-9-21(25(33)27-12-19)23-10-18-3-1-2-4-22(18)30-23/h1-13,15,26,30H,14H2,(H,27,33)(H,29,32). The Morgan fingerprint density at radius 3 is 2.73 bits per heavy atom. The molecule has 0 unspecified atom stereocenters. The smallest absolute Gasteiger partial charge is 0.257 e. The average Bonchev–Trinajstić information content (AvgIpc) is 3.46. The number of pyridine rings is 1. The number of fused-ring (bicyclic) bond motifs is 1. The number of carbonyl (C=O) groups excluding carboxylic acids is 1. The van der Waals surface area contributed by atoms with Crippen LogP contribution in [0.4, 0.5) is 5.69 Å². The van der Waals surface area contributed by atoms with Crippen molar-refractivity contribution in [3.63, 3.8) is 0 Å². The van der Waals surface area contributed by atoms with Crippen molar-refractivity contribution in [1.82, 2.24) is 19.7 Å². The highest BCUT2D eigenvalue weighted by atomic mass is 16.2. The Labute approximate surface area is 188 Å². The zero-order valence-corrected chi connectivity index (χ0v) is 17.5. The van der Waals surface area contributed by atoms with Gasteiger partial charge in [0.2, 0.25) is 0 Å². The van der Waals surface area contributed by atoms with Crippen molar-refractivity contribution in [3.8, 4) is 11.3 Å². The Kier molecular flexibility index (Phi) is 5.16. The largest absolute Gasteiger partial charge is 0.354 e. The number of carbonyl (C=O) groups is 1. The molecule has 3 aromatic heterocycles. The second kappa shape index (κ2) is 8.43. The summed E-state index contributed by atoms with van der Waals surface area (Å²) in [6.45, 7) is 0.539. The molecule has 0 atom stereocenters. The molecule has 0 saturated carbocycles. The first kappa shape index (κ1) is 20.2. The number of anilines is 1. The summed E-state index contributed by atoms with van der Waals surface area (Å²) in [6.07, 6.45) is 6.02. The summed E-state index contributed by atoms with van der Waals surface area (Å²) >= 11 is 0. The molecule has 1 amide bonds. The van der Waals surface area contributed by atoms with Gasteiger partial charge in [-0.05, 0) is 29.3 Å². The van der Waals surface area contributed by atoms with E-state index in [0.717, 1.165) is 22.0 Å². The van der Waals surface area contributed by atoms with Gasteiger partial charge in [-0.2, -0.15) is 5.10 Å². The summed E-state index contributed by atoms with van der Waals surface area (Å²) in [4.78, 5) is 31.1. The van der Waals surface area contributed by atoms with E-state index in [1.165, 1.54) is 12.4 Å². The molecule has 0 bridgehead atoms. The van der Waals surface area contributed by atoms with Crippen LogP contribution in [-0.4, -0.2) is 31.9 Å². The van der Waals surface area contributed by atoms with Crippen molar-refractivity contribution < 1.29 is 4.79 Å². The van der Waals surface area contributed by atoms with Gasteiger partial charge in [-0.3, -0.25) is 14.3 Å². The molecule has 33 heavy (non-hydrogen) atoms. The molecule has 0 saturated heterocycles. The van der Waals surface area contributed by atoms with Crippen LogP contribution in [0.3, 0.4) is 0 Å². The lowest BCUT2D eigenvalue weighted by molar-refractivity contribution is 0.102. The molecule has 162 valence electrons. The quantitative estimate of drug-likeness (QED) is 0.301. The Hall–Kier alpha value is -4.72. The highest BCUT2D eigenvalue weighted by molar-refractivity contribution is 6.04. The number of nitrogens with one attached hydrogen (secondary N) is 4. The summed E-state index contributed by atoms with van der Waals surface area (Å²) < 4.78 is 1.72. The molecule has 8 heteroatoms. The van der Waals surface area contributed by atoms with Crippen molar-refractivity contribution in [1.29, 1.82) is 5.41 Å². The summed E-state index contributed by atoms with van der Waals surface area (Å²) in [5, 5.41) is 15.4. The molecule has 0 aliphatic heterocycles. The number of aromatic amines is 2. The Morgan fingerprint density at radius 1 is 1.12 bits per heavy atom. The van der Waals surface area contributed by atoms with Crippen molar-refractivity contribution in [2.24, 2.45) is 0 Å². The Balaban J connectivity index is 1.33. The predicted octanol–water partition coefficient (Wildman–Crippen LogP) is 4.02. The van der Waals surface area contributed by atoms with Gasteiger partial charge in [0.25, 0.3) is 11.5 Å². The maximum atomic E-state index is 12.8. The number of nitrogens with zero attached hydrogens (tertiary/aromatic N) is 2. The third kappa shape index (κ3) is 4.22. The van der Waals surface area contributed by atoms with Crippen LogP contribution >= 0.6 is 0 Å². The first-order valence-corrected chi connectivity index (χ1v) is 10.3. The topological polar surface area (TPSA) is 119 Å². The Morgan fingerprint density at radius 2 is 1.94 bits per heavy atom. The number of rotatable bonds is 6. The summed E-state index contributed by atoms with van der Waals surface area (Å²) in [6, 6.07) is 18.8. The van der Waals surface area contributed by atoms with Crippen LogP contribution < -0.4 is 10.9 Å². The van der Waals surface area contributed by atoms with Gasteiger partial charge in [-0.1, -0.05) is 42.5 Å². The molecule has 8 nitrogen and oxygen atoms in total. The van der Waals surface area contributed by atoms with Crippen molar-refractivity contribution in [3.05, 3.63) is 106 Å². The van der Waals surface area contributed by atoms with E-state index in [1.807, 2.05) is 54.6 Å². The summed E-state index contributed by atoms with van der Waals surface area (Å²) in [5.41, 5.74) is 4.43. The summed E-state index contributed by atoms with van der Waals surface area (Å²) in [5.74, 6) is -0.349. The molecular formula is C25H20N6O2. The molecular weight excluding hydrogens is 416 g/mol. The second-order valence-corrected chi connectivity index (χ2v) is 7.67. The lowest BCUT2D eigenvalue weighted by Crippen LogP contribution is -2.16. The molecule has 0 aliphatic rings. The molecule has 5 aromatic rings. The van der Waals surface area contributed by atoms with Crippen LogP contribution in [0.1, 0.15) is 21.5 Å². The highest BCUT2D eigenvalue weighted by Crippen LogP contribution is 2.22. The molecule has 0 radical (unpaired) electrons. The zero-order valence-electron chi connectivity index (χ0n) is 17.5. The number of benzene rings is 2. The lowest BCUT2D eigenvalue weighted by Gasteiger charge is -2.05. The molecule has 4 N–H and O–H groups in total. The van der Waals surface area contributed by atoms with E-state index in [4.69, 9.17) is 5.41 Å². The zero-order chi connectivity index (χ0) is 22.8. The van der Waals surface area contributed by atoms with Crippen molar-refractivity contribution >= 4 is 28.7 Å². The van der Waals surface area contributed by atoms with Gasteiger partial charge in [0.15, 0.2) is 0 Å². The van der Waals surface area contributed by atoms with Crippen LogP contribution in [0.2, 0.25) is 0 Å². The molecule has 0 fully saturated rings. The number of hydrogen-bond donors (Lipinski definition) is 4. The van der Waals surface area contributed by atoms with E-state index in [9.17, 15) is 9.59 Å². The number of para-hydroxylation sites is 1. The van der Waals surface area contributed by atoms with Gasteiger partial charge >= 0.3 is 0 Å². The molecule has 5 rings (SSSR count). The van der Waals surface area contributed by atoms with Crippen molar-refractivity contribution in [2.75, 3.05) is 5.32 Å². The van der Waals surface area contributed by atoms with Crippen LogP contribution in [-0.2, 0) is 6.54 Å². The minimum absolute atomic E-state index is 0.278. The highest BCUT2D eigenvalue weighted by Gasteiger charge is 2.13. The van der Waals surface area contributed by atoms with Crippen LogP contribution in [0.15, 0.2) is 84.0 Å². The maximum absolute atomic E-state index is 12.8. The molecule has 0 aliphatic carbocycles. The van der Waals surface area contributed by atoms with Gasteiger partial charge in [-0.25, -0.2) is 0 Å². The number of aromatic nitrogens is 4. The maximum Gasteiger partial charge on any atom is 0.257 e. The van der Waals surface area contributed by atoms with E-state index in [0.29, 0.717) is 29.1 Å². The summed E-state index contributed by atoms with van der Waals surface area (Å²) in [7, 11) is 0. The minimum atomic E-state index is -0.349. The first-order chi connectivity index (χ1) is 16.1. The van der Waals surface area contributed by atoms with Gasteiger partial charge in [0.1, 0.15) is 0 Å². The van der Waals surface area contributed by atoms with Gasteiger partial charge in [0, 0.05) is 29.5 Å². The molecule has 0 spiro atoms. The normalized spacial score (nSPS) is 10.9. The molecule has 2 aromatic carbocycles. The Bertz CT molecular complexity index is 1490. The third-order valence-electron chi connectivity index (χ3n) is 5.37. The minimum Gasteiger partial charge on any atom is -0.354 e. The second-order valence-electron chi connectivity index (χ2n) is 7.67. The number of H-pyrrole nitrogens is 2. The van der Waals surface area contributed by atoms with Crippen LogP contribution in [0.5, 0.6) is 0 Å². The fourth-order valence-electron chi connectivity index (χ4n) is 3.66. The van der Waals surface area contributed by atoms with E-state index < -0.39 is 0 Å². The van der Waals surface area contributed by atoms with E-state index >= 15 is 0 Å². The van der Waals surface area contributed by atoms with Gasteiger partial charge < -0.3 is 20.7 Å². The lowest BCUT2D eigenvalue weighted by atomic mass is 10.1. The fraction of sp³-hybridized carbons (Fsp3) is 0.0400. The van der Waals surface area contributed by atoms with Crippen LogP contribution in [0, 0.1) is 5.41 Å².